The van der Waals surface area contributed by atoms with Gasteiger partial charge in [0.1, 0.15) is 23.1 Å². The Hall–Kier alpha value is -5.20. The number of aromatic nitrogens is 1. The second kappa shape index (κ2) is 16.1. The molecule has 13 nitrogen and oxygen atoms in total. The van der Waals surface area contributed by atoms with Crippen LogP contribution in [-0.2, 0) is 28.6 Å². The molecule has 0 bridgehead atoms. The summed E-state index contributed by atoms with van der Waals surface area (Å²) in [6, 6.07) is 16.1. The first kappa shape index (κ1) is 35.7. The van der Waals surface area contributed by atoms with Crippen LogP contribution in [0.3, 0.4) is 0 Å². The smallest absolute Gasteiger partial charge is 0.409 e. The molecule has 1 aromatic heterocycles. The Morgan fingerprint density at radius 3 is 2.21 bits per heavy atom. The second-order valence-electron chi connectivity index (χ2n) is 12.1. The lowest BCUT2D eigenvalue weighted by Gasteiger charge is -2.36. The van der Waals surface area contributed by atoms with E-state index in [0.29, 0.717) is 16.5 Å². The van der Waals surface area contributed by atoms with Crippen LogP contribution in [0.2, 0.25) is 0 Å². The van der Waals surface area contributed by atoms with E-state index < -0.39 is 47.6 Å². The predicted octanol–water partition coefficient (Wildman–Crippen LogP) is 4.05. The van der Waals surface area contributed by atoms with Gasteiger partial charge >= 0.3 is 18.0 Å². The van der Waals surface area contributed by atoms with Crippen molar-refractivity contribution in [1.82, 2.24) is 20.1 Å². The second-order valence-corrected chi connectivity index (χ2v) is 12.1. The molecule has 1 N–H and O–H groups in total. The van der Waals surface area contributed by atoms with Crippen molar-refractivity contribution < 1.29 is 42.9 Å². The van der Waals surface area contributed by atoms with Crippen molar-refractivity contribution in [3.05, 3.63) is 71.9 Å². The van der Waals surface area contributed by atoms with Crippen LogP contribution in [0.15, 0.2) is 60.7 Å². The Kier molecular flexibility index (Phi) is 11.9. The van der Waals surface area contributed by atoms with E-state index in [1.165, 1.54) is 18.1 Å². The first-order chi connectivity index (χ1) is 22.9. The van der Waals surface area contributed by atoms with E-state index >= 15 is 0 Å². The monoisotopic (exact) mass is 662 g/mol. The number of fused-ring (bicyclic) bond motifs is 1. The number of nitrogens with zero attached hydrogens (tertiary/aromatic N) is 3. The minimum absolute atomic E-state index is 0.0348. The van der Waals surface area contributed by atoms with Gasteiger partial charge in [0, 0.05) is 49.6 Å². The quantitative estimate of drug-likeness (QED) is 0.235. The zero-order valence-electron chi connectivity index (χ0n) is 27.9. The minimum Gasteiger partial charge on any atom is -0.473 e. The summed E-state index contributed by atoms with van der Waals surface area (Å²) < 4.78 is 21.7. The molecule has 48 heavy (non-hydrogen) atoms. The fourth-order valence-corrected chi connectivity index (χ4v) is 5.16. The molecule has 0 aliphatic carbocycles. The number of amides is 3. The molecule has 2 aromatic carbocycles. The first-order valence-electron chi connectivity index (χ1n) is 15.8. The molecular weight excluding hydrogens is 620 g/mol. The van der Waals surface area contributed by atoms with Crippen LogP contribution in [0.1, 0.15) is 62.7 Å². The van der Waals surface area contributed by atoms with Crippen LogP contribution >= 0.6 is 0 Å². The molecule has 0 spiro atoms. The molecule has 1 unspecified atom stereocenters. The number of hydrogen-bond acceptors (Lipinski definition) is 10. The summed E-state index contributed by atoms with van der Waals surface area (Å²) in [7, 11) is 1.26. The van der Waals surface area contributed by atoms with Gasteiger partial charge in [0.25, 0.3) is 5.91 Å². The Morgan fingerprint density at radius 2 is 1.56 bits per heavy atom. The van der Waals surface area contributed by atoms with Crippen LogP contribution in [0.5, 0.6) is 5.75 Å². The van der Waals surface area contributed by atoms with Crippen LogP contribution in [0, 0.1) is 0 Å². The highest BCUT2D eigenvalue weighted by Crippen LogP contribution is 2.31. The fourth-order valence-electron chi connectivity index (χ4n) is 5.16. The van der Waals surface area contributed by atoms with E-state index in [4.69, 9.17) is 18.9 Å². The van der Waals surface area contributed by atoms with Crippen LogP contribution in [-0.4, -0.2) is 96.2 Å². The van der Waals surface area contributed by atoms with E-state index in [9.17, 15) is 24.0 Å². The van der Waals surface area contributed by atoms with Crippen molar-refractivity contribution >= 4 is 40.7 Å². The fraction of sp³-hybridized carbons (Fsp3) is 0.429. The Morgan fingerprint density at radius 1 is 0.917 bits per heavy atom. The van der Waals surface area contributed by atoms with Crippen LogP contribution < -0.4 is 10.1 Å². The van der Waals surface area contributed by atoms with Gasteiger partial charge in [-0.1, -0.05) is 42.5 Å². The van der Waals surface area contributed by atoms with Crippen molar-refractivity contribution in [1.29, 1.82) is 0 Å². The molecule has 1 aliphatic heterocycles. The number of piperazine rings is 1. The molecule has 1 fully saturated rings. The lowest BCUT2D eigenvalue weighted by molar-refractivity contribution is -0.155. The number of rotatable bonds is 11. The maximum Gasteiger partial charge on any atom is 0.409 e. The maximum absolute atomic E-state index is 13.8. The highest BCUT2D eigenvalue weighted by atomic mass is 16.6. The van der Waals surface area contributed by atoms with Crippen LogP contribution in [0.25, 0.3) is 10.9 Å². The third kappa shape index (κ3) is 9.43. The van der Waals surface area contributed by atoms with E-state index in [1.54, 1.807) is 81.1 Å². The summed E-state index contributed by atoms with van der Waals surface area (Å²) in [5.74, 6) is -2.05. The highest BCUT2D eigenvalue weighted by molar-refractivity contribution is 5.99. The van der Waals surface area contributed by atoms with Crippen molar-refractivity contribution in [2.45, 2.75) is 58.3 Å². The van der Waals surface area contributed by atoms with E-state index in [0.717, 1.165) is 0 Å². The van der Waals surface area contributed by atoms with E-state index in [-0.39, 0.29) is 57.1 Å². The summed E-state index contributed by atoms with van der Waals surface area (Å²) in [5.41, 5.74) is 0.175. The van der Waals surface area contributed by atoms with Gasteiger partial charge in [0.2, 0.25) is 12.0 Å². The van der Waals surface area contributed by atoms with E-state index in [2.05, 4.69) is 10.3 Å². The number of hydrogen-bond donors (Lipinski definition) is 1. The van der Waals surface area contributed by atoms with Crippen molar-refractivity contribution in [2.24, 2.45) is 0 Å². The number of nitrogens with one attached hydrogen (secondary N) is 1. The average molecular weight is 663 g/mol. The number of ether oxygens (including phenoxy) is 4. The lowest BCUT2D eigenvalue weighted by Crippen LogP contribution is -2.56. The largest absolute Gasteiger partial charge is 0.473 e. The van der Waals surface area contributed by atoms with Gasteiger partial charge in [-0.15, -0.1) is 0 Å². The SMILES string of the molecule is CCOC(=O)N1CCN(C(=O)[C@H](CCC(=O)OC(C)(C)C)NC(=O)c2cc(OC(C(=O)OC)c3ccccc3)c3ccccc3n2)CC1. The third-order valence-electron chi connectivity index (χ3n) is 7.45. The number of carbonyl (C=O) groups is 5. The zero-order valence-corrected chi connectivity index (χ0v) is 27.9. The number of esters is 2. The summed E-state index contributed by atoms with van der Waals surface area (Å²) in [4.78, 5) is 72.7. The summed E-state index contributed by atoms with van der Waals surface area (Å²) in [5, 5.41) is 3.31. The molecule has 0 saturated carbocycles. The van der Waals surface area contributed by atoms with Crippen molar-refractivity contribution in [3.8, 4) is 5.75 Å². The van der Waals surface area contributed by atoms with Gasteiger partial charge in [-0.25, -0.2) is 14.6 Å². The van der Waals surface area contributed by atoms with Gasteiger partial charge in [-0.3, -0.25) is 14.4 Å². The number of carbonyl (C=O) groups excluding carboxylic acids is 5. The predicted molar refractivity (Wildman–Crippen MR) is 175 cm³/mol. The Bertz CT molecular complexity index is 1620. The molecule has 4 rings (SSSR count). The Balaban J connectivity index is 1.60. The minimum atomic E-state index is -1.13. The molecule has 13 heteroatoms. The molecule has 1 aliphatic rings. The molecule has 2 atom stereocenters. The molecule has 0 radical (unpaired) electrons. The first-order valence-corrected chi connectivity index (χ1v) is 15.8. The average Bonchev–Trinajstić information content (AvgIpc) is 3.07. The van der Waals surface area contributed by atoms with Crippen molar-refractivity contribution in [3.63, 3.8) is 0 Å². The molecule has 1 saturated heterocycles. The zero-order chi connectivity index (χ0) is 34.8. The number of methoxy groups -OCH3 is 1. The van der Waals surface area contributed by atoms with E-state index in [1.807, 2.05) is 6.07 Å². The molecule has 3 amide bonds. The summed E-state index contributed by atoms with van der Waals surface area (Å²) in [6.07, 6.45) is -1.75. The lowest BCUT2D eigenvalue weighted by atomic mass is 10.1. The Labute approximate surface area is 279 Å². The standard InChI is InChI=1S/C35H42N4O9/c1-6-46-34(44)39-20-18-38(19-21-39)32(42)26(16-17-29(40)48-35(2,3)4)37-31(41)27-22-28(24-14-10-11-15-25(24)36-27)47-30(33(43)45-5)23-12-8-7-9-13-23/h7-15,22,26,30H,6,16-21H2,1-5H3,(H,37,41)/t26-,30?/m0/s1. The molecule has 2 heterocycles. The maximum atomic E-state index is 13.8. The summed E-state index contributed by atoms with van der Waals surface area (Å²) in [6.45, 7) is 8.13. The molecular formula is C35H42N4O9. The summed E-state index contributed by atoms with van der Waals surface area (Å²) >= 11 is 0. The number of benzene rings is 2. The van der Waals surface area contributed by atoms with Crippen LogP contribution in [0.4, 0.5) is 4.79 Å². The molecule has 256 valence electrons. The molecule has 3 aromatic rings. The van der Waals surface area contributed by atoms with Gasteiger partial charge in [-0.05, 0) is 46.2 Å². The van der Waals surface area contributed by atoms with Gasteiger partial charge in [0.15, 0.2) is 0 Å². The van der Waals surface area contributed by atoms with Crippen molar-refractivity contribution in [2.75, 3.05) is 39.9 Å². The van der Waals surface area contributed by atoms with Gasteiger partial charge in [-0.2, -0.15) is 0 Å². The normalized spacial score (nSPS) is 14.4. The third-order valence-corrected chi connectivity index (χ3v) is 7.45. The topological polar surface area (TPSA) is 154 Å². The van der Waals surface area contributed by atoms with Gasteiger partial charge in [0.05, 0.1) is 19.2 Å². The number of pyridine rings is 1. The number of para-hydroxylation sites is 1. The van der Waals surface area contributed by atoms with Gasteiger partial charge < -0.3 is 34.1 Å². The highest BCUT2D eigenvalue weighted by Gasteiger charge is 2.32.